The van der Waals surface area contributed by atoms with E-state index >= 15 is 0 Å². The summed E-state index contributed by atoms with van der Waals surface area (Å²) < 4.78 is 0. The second kappa shape index (κ2) is 4.82. The van der Waals surface area contributed by atoms with Gasteiger partial charge in [-0.15, -0.1) is 0 Å². The quantitative estimate of drug-likeness (QED) is 0.534. The molecule has 0 aromatic heterocycles. The Morgan fingerprint density at radius 2 is 2.07 bits per heavy atom. The molecular formula is C12H17BO2. The van der Waals surface area contributed by atoms with Crippen LogP contribution in [0.2, 0.25) is 5.82 Å². The third-order valence-corrected chi connectivity index (χ3v) is 3.29. The van der Waals surface area contributed by atoms with E-state index in [1.165, 1.54) is 18.4 Å². The number of rotatable bonds is 2. The van der Waals surface area contributed by atoms with Crippen LogP contribution >= 0.6 is 0 Å². The molecular weight excluding hydrogens is 187 g/mol. The monoisotopic (exact) mass is 204 g/mol. The van der Waals surface area contributed by atoms with E-state index in [0.717, 1.165) is 12.8 Å². The molecule has 0 fully saturated rings. The molecule has 0 aromatic rings. The van der Waals surface area contributed by atoms with E-state index in [1.54, 1.807) is 0 Å². The Kier molecular flexibility index (Phi) is 3.44. The van der Waals surface area contributed by atoms with Crippen molar-refractivity contribution in [1.29, 1.82) is 0 Å². The average molecular weight is 204 g/mol. The van der Waals surface area contributed by atoms with Crippen molar-refractivity contribution in [2.45, 2.75) is 31.5 Å². The first kappa shape index (κ1) is 10.7. The maximum atomic E-state index is 9.04. The van der Waals surface area contributed by atoms with E-state index < -0.39 is 7.12 Å². The van der Waals surface area contributed by atoms with Crippen LogP contribution in [0.4, 0.5) is 0 Å². The molecule has 0 aromatic carbocycles. The largest absolute Gasteiger partial charge is 0.459 e. The van der Waals surface area contributed by atoms with Crippen molar-refractivity contribution in [3.8, 4) is 0 Å². The van der Waals surface area contributed by atoms with Crippen molar-refractivity contribution < 1.29 is 10.0 Å². The highest BCUT2D eigenvalue weighted by Gasteiger charge is 2.23. The lowest BCUT2D eigenvalue weighted by Crippen LogP contribution is -2.20. The number of hydrogen-bond acceptors (Lipinski definition) is 2. The molecule has 2 aliphatic rings. The lowest BCUT2D eigenvalue weighted by molar-refractivity contribution is 0.393. The third kappa shape index (κ3) is 2.61. The van der Waals surface area contributed by atoms with Crippen molar-refractivity contribution in [2.75, 3.05) is 0 Å². The van der Waals surface area contributed by atoms with E-state index in [4.69, 9.17) is 10.0 Å². The minimum absolute atomic E-state index is 0.118. The van der Waals surface area contributed by atoms with Gasteiger partial charge in [0.05, 0.1) is 0 Å². The van der Waals surface area contributed by atoms with E-state index in [-0.39, 0.29) is 5.82 Å². The highest BCUT2D eigenvalue weighted by atomic mass is 16.4. The third-order valence-electron chi connectivity index (χ3n) is 3.29. The van der Waals surface area contributed by atoms with Crippen LogP contribution in [0, 0.1) is 5.92 Å². The molecule has 2 rings (SSSR count). The van der Waals surface area contributed by atoms with Gasteiger partial charge in [0.25, 0.3) is 0 Å². The number of allylic oxidation sites excluding steroid dienone is 6. The Labute approximate surface area is 91.2 Å². The normalized spacial score (nSPS) is 30.1. The summed E-state index contributed by atoms with van der Waals surface area (Å²) in [6.45, 7) is 0. The summed E-state index contributed by atoms with van der Waals surface area (Å²) in [6, 6.07) is 0. The van der Waals surface area contributed by atoms with Crippen LogP contribution in [-0.2, 0) is 0 Å². The van der Waals surface area contributed by atoms with Crippen molar-refractivity contribution in [2.24, 2.45) is 5.92 Å². The minimum atomic E-state index is -1.22. The molecule has 0 aliphatic heterocycles. The lowest BCUT2D eigenvalue weighted by Gasteiger charge is -2.23. The van der Waals surface area contributed by atoms with Gasteiger partial charge in [-0.3, -0.25) is 0 Å². The van der Waals surface area contributed by atoms with Crippen LogP contribution in [-0.4, -0.2) is 17.2 Å². The molecule has 0 saturated carbocycles. The molecule has 0 heterocycles. The van der Waals surface area contributed by atoms with E-state index in [9.17, 15) is 0 Å². The van der Waals surface area contributed by atoms with Crippen LogP contribution in [0.15, 0.2) is 36.0 Å². The maximum absolute atomic E-state index is 9.04. The zero-order chi connectivity index (χ0) is 10.7. The smallest absolute Gasteiger partial charge is 0.427 e. The highest BCUT2D eigenvalue weighted by Crippen LogP contribution is 2.32. The van der Waals surface area contributed by atoms with Gasteiger partial charge in [-0.1, -0.05) is 30.4 Å². The first-order valence-electron chi connectivity index (χ1n) is 5.67. The Hall–Kier alpha value is -0.795. The Bertz CT molecular complexity index is 305. The molecule has 0 amide bonds. The van der Waals surface area contributed by atoms with Crippen LogP contribution in [0.5, 0.6) is 0 Å². The van der Waals surface area contributed by atoms with E-state index in [2.05, 4.69) is 24.3 Å². The summed E-state index contributed by atoms with van der Waals surface area (Å²) in [7, 11) is -1.22. The summed E-state index contributed by atoms with van der Waals surface area (Å²) in [4.78, 5) is 0. The average Bonchev–Trinajstić information content (AvgIpc) is 2.30. The van der Waals surface area contributed by atoms with Crippen molar-refractivity contribution in [1.82, 2.24) is 0 Å². The molecule has 2 atom stereocenters. The van der Waals surface area contributed by atoms with Gasteiger partial charge in [-0.25, -0.2) is 0 Å². The van der Waals surface area contributed by atoms with Gasteiger partial charge in [0.2, 0.25) is 0 Å². The van der Waals surface area contributed by atoms with Crippen molar-refractivity contribution in [3.63, 3.8) is 0 Å². The predicted octanol–water partition coefficient (Wildman–Crippen LogP) is 2.07. The van der Waals surface area contributed by atoms with Gasteiger partial charge < -0.3 is 10.0 Å². The Balaban J connectivity index is 1.96. The molecule has 15 heavy (non-hydrogen) atoms. The summed E-state index contributed by atoms with van der Waals surface area (Å²) in [5, 5.41) is 18.1. The van der Waals surface area contributed by atoms with Gasteiger partial charge in [0.15, 0.2) is 0 Å². The second-order valence-electron chi connectivity index (χ2n) is 4.36. The van der Waals surface area contributed by atoms with E-state index in [0.29, 0.717) is 5.92 Å². The number of hydrogen-bond donors (Lipinski definition) is 2. The van der Waals surface area contributed by atoms with Crippen LogP contribution in [0.3, 0.4) is 0 Å². The van der Waals surface area contributed by atoms with Crippen LogP contribution < -0.4 is 0 Å². The molecule has 3 heteroatoms. The molecule has 0 saturated heterocycles. The Morgan fingerprint density at radius 1 is 1.20 bits per heavy atom. The Morgan fingerprint density at radius 3 is 2.60 bits per heavy atom. The standard InChI is InChI=1S/C12H17BO2/c14-13(15)12-8-6-11(7-9-12)10-4-2-1-3-5-10/h1-2,6-8,10,12,14-15H,3-5,9H2. The maximum Gasteiger partial charge on any atom is 0.459 e. The first-order valence-corrected chi connectivity index (χ1v) is 5.67. The topological polar surface area (TPSA) is 40.5 Å². The van der Waals surface area contributed by atoms with Crippen LogP contribution in [0.1, 0.15) is 25.7 Å². The summed E-state index contributed by atoms with van der Waals surface area (Å²) in [5.41, 5.74) is 1.37. The summed E-state index contributed by atoms with van der Waals surface area (Å²) in [6.07, 6.45) is 14.9. The SMILES string of the molecule is OB(O)C1C=CC(C2CC=CCC2)=CC1. The second-order valence-corrected chi connectivity index (χ2v) is 4.36. The van der Waals surface area contributed by atoms with Gasteiger partial charge >= 0.3 is 7.12 Å². The van der Waals surface area contributed by atoms with Crippen molar-refractivity contribution in [3.05, 3.63) is 36.0 Å². The van der Waals surface area contributed by atoms with Gasteiger partial charge in [-0.05, 0) is 37.2 Å². The summed E-state index contributed by atoms with van der Waals surface area (Å²) in [5.74, 6) is 0.524. The van der Waals surface area contributed by atoms with Crippen LogP contribution in [0.25, 0.3) is 0 Å². The fourth-order valence-corrected chi connectivity index (χ4v) is 2.27. The molecule has 0 spiro atoms. The molecule has 2 unspecified atom stereocenters. The first-order chi connectivity index (χ1) is 7.27. The zero-order valence-electron chi connectivity index (χ0n) is 8.84. The van der Waals surface area contributed by atoms with E-state index in [1.807, 2.05) is 6.08 Å². The zero-order valence-corrected chi connectivity index (χ0v) is 8.84. The molecule has 0 bridgehead atoms. The summed E-state index contributed by atoms with van der Waals surface area (Å²) >= 11 is 0. The van der Waals surface area contributed by atoms with Gasteiger partial charge in [-0.2, -0.15) is 0 Å². The fraction of sp³-hybridized carbons (Fsp3) is 0.500. The highest BCUT2D eigenvalue weighted by molar-refractivity contribution is 6.44. The van der Waals surface area contributed by atoms with Gasteiger partial charge in [0.1, 0.15) is 0 Å². The lowest BCUT2D eigenvalue weighted by atomic mass is 9.68. The van der Waals surface area contributed by atoms with Crippen molar-refractivity contribution >= 4 is 7.12 Å². The minimum Gasteiger partial charge on any atom is -0.427 e. The molecule has 2 N–H and O–H groups in total. The molecule has 80 valence electrons. The molecule has 0 radical (unpaired) electrons. The predicted molar refractivity (Wildman–Crippen MR) is 62.3 cm³/mol. The molecule has 2 aliphatic carbocycles. The fourth-order valence-electron chi connectivity index (χ4n) is 2.27. The van der Waals surface area contributed by atoms with Gasteiger partial charge in [0, 0.05) is 5.82 Å². The molecule has 2 nitrogen and oxygen atoms in total.